The number of para-hydroxylation sites is 1. The van der Waals surface area contributed by atoms with Gasteiger partial charge in [0.2, 0.25) is 0 Å². The fraction of sp³-hybridized carbons (Fsp3) is 0.0625. The minimum atomic E-state index is 0.225. The van der Waals surface area contributed by atoms with Gasteiger partial charge < -0.3 is 9.84 Å². The molecule has 1 heterocycles. The van der Waals surface area contributed by atoms with E-state index in [0.717, 1.165) is 28.1 Å². The van der Waals surface area contributed by atoms with Gasteiger partial charge in [0.1, 0.15) is 11.5 Å². The number of rotatable bonds is 3. The summed E-state index contributed by atoms with van der Waals surface area (Å²) in [6.07, 6.45) is 1.76. The zero-order valence-electron chi connectivity index (χ0n) is 11.0. The van der Waals surface area contributed by atoms with Gasteiger partial charge in [0.05, 0.1) is 19.0 Å². The first-order valence-electron chi connectivity index (χ1n) is 6.26. The zero-order valence-corrected chi connectivity index (χ0v) is 11.0. The van der Waals surface area contributed by atoms with Crippen molar-refractivity contribution in [1.29, 1.82) is 0 Å². The third-order valence-corrected chi connectivity index (χ3v) is 3.17. The molecule has 0 spiro atoms. The van der Waals surface area contributed by atoms with Crippen molar-refractivity contribution in [3.63, 3.8) is 0 Å². The molecule has 0 aliphatic heterocycles. The summed E-state index contributed by atoms with van der Waals surface area (Å²) in [4.78, 5) is 0. The maximum atomic E-state index is 9.62. The lowest BCUT2D eigenvalue weighted by Gasteiger charge is -2.08. The number of aromatic nitrogens is 2. The molecule has 0 amide bonds. The highest BCUT2D eigenvalue weighted by Gasteiger charge is 2.13. The number of benzene rings is 2. The molecule has 3 aromatic rings. The minimum absolute atomic E-state index is 0.225. The fourth-order valence-electron chi connectivity index (χ4n) is 2.24. The molecule has 0 saturated heterocycles. The Kier molecular flexibility index (Phi) is 3.13. The van der Waals surface area contributed by atoms with Gasteiger partial charge in [0.15, 0.2) is 0 Å². The number of nitrogens with one attached hydrogen (secondary N) is 1. The van der Waals surface area contributed by atoms with Gasteiger partial charge in [-0.1, -0.05) is 30.3 Å². The third kappa shape index (κ3) is 2.12. The largest absolute Gasteiger partial charge is 0.508 e. The Morgan fingerprint density at radius 1 is 1.05 bits per heavy atom. The van der Waals surface area contributed by atoms with Crippen molar-refractivity contribution in [2.45, 2.75) is 0 Å². The first-order chi connectivity index (χ1) is 9.79. The van der Waals surface area contributed by atoms with Crippen LogP contribution in [0.5, 0.6) is 11.5 Å². The van der Waals surface area contributed by atoms with Gasteiger partial charge in [-0.25, -0.2) is 0 Å². The zero-order chi connectivity index (χ0) is 13.9. The lowest BCUT2D eigenvalue weighted by Crippen LogP contribution is -1.88. The summed E-state index contributed by atoms with van der Waals surface area (Å²) in [7, 11) is 1.65. The summed E-state index contributed by atoms with van der Waals surface area (Å²) in [5.74, 6) is 1.01. The Hall–Kier alpha value is -2.75. The Bertz CT molecular complexity index is 735. The number of phenolic OH excluding ortho intramolecular Hbond substituents is 1. The minimum Gasteiger partial charge on any atom is -0.508 e. The molecule has 0 fully saturated rings. The average molecular weight is 266 g/mol. The summed E-state index contributed by atoms with van der Waals surface area (Å²) in [5.41, 5.74) is 3.63. The topological polar surface area (TPSA) is 58.1 Å². The number of ether oxygens (including phenoxy) is 1. The predicted molar refractivity (Wildman–Crippen MR) is 77.7 cm³/mol. The summed E-state index contributed by atoms with van der Waals surface area (Å²) < 4.78 is 5.39. The molecule has 0 aliphatic carbocycles. The molecule has 2 aromatic carbocycles. The summed E-state index contributed by atoms with van der Waals surface area (Å²) in [6, 6.07) is 14.8. The van der Waals surface area contributed by atoms with Crippen LogP contribution in [0.15, 0.2) is 54.7 Å². The second-order valence-electron chi connectivity index (χ2n) is 4.41. The first-order valence-corrected chi connectivity index (χ1v) is 6.26. The second kappa shape index (κ2) is 5.09. The van der Waals surface area contributed by atoms with Crippen LogP contribution in [0.25, 0.3) is 22.4 Å². The van der Waals surface area contributed by atoms with Gasteiger partial charge in [0.25, 0.3) is 0 Å². The van der Waals surface area contributed by atoms with E-state index < -0.39 is 0 Å². The van der Waals surface area contributed by atoms with Crippen molar-refractivity contribution >= 4 is 0 Å². The van der Waals surface area contributed by atoms with E-state index in [-0.39, 0.29) is 5.75 Å². The Morgan fingerprint density at radius 2 is 1.90 bits per heavy atom. The Morgan fingerprint density at radius 3 is 2.70 bits per heavy atom. The van der Waals surface area contributed by atoms with Crippen LogP contribution >= 0.6 is 0 Å². The van der Waals surface area contributed by atoms with Crippen molar-refractivity contribution in [3.05, 3.63) is 54.7 Å². The maximum Gasteiger partial charge on any atom is 0.126 e. The van der Waals surface area contributed by atoms with Crippen molar-refractivity contribution in [2.24, 2.45) is 0 Å². The molecule has 4 heteroatoms. The van der Waals surface area contributed by atoms with Crippen LogP contribution in [0.1, 0.15) is 0 Å². The molecule has 4 nitrogen and oxygen atoms in total. The van der Waals surface area contributed by atoms with Crippen molar-refractivity contribution in [1.82, 2.24) is 10.2 Å². The van der Waals surface area contributed by atoms with Crippen LogP contribution in [0.3, 0.4) is 0 Å². The van der Waals surface area contributed by atoms with E-state index in [0.29, 0.717) is 0 Å². The van der Waals surface area contributed by atoms with E-state index in [4.69, 9.17) is 4.74 Å². The lowest BCUT2D eigenvalue weighted by molar-refractivity contribution is 0.416. The quantitative estimate of drug-likeness (QED) is 0.763. The van der Waals surface area contributed by atoms with Crippen molar-refractivity contribution in [2.75, 3.05) is 7.11 Å². The van der Waals surface area contributed by atoms with Gasteiger partial charge in [0, 0.05) is 16.7 Å². The Balaban J connectivity index is 2.15. The number of methoxy groups -OCH3 is 1. The first kappa shape index (κ1) is 12.3. The highest BCUT2D eigenvalue weighted by molar-refractivity contribution is 5.83. The highest BCUT2D eigenvalue weighted by Crippen LogP contribution is 2.36. The van der Waals surface area contributed by atoms with Crippen molar-refractivity contribution < 1.29 is 9.84 Å². The molecule has 100 valence electrons. The number of hydrogen-bond donors (Lipinski definition) is 2. The number of phenols is 1. The SMILES string of the molecule is COc1ccccc1-c1cn[nH]c1-c1cccc(O)c1. The Labute approximate surface area is 116 Å². The number of aromatic amines is 1. The van der Waals surface area contributed by atoms with Gasteiger partial charge >= 0.3 is 0 Å². The standard InChI is InChI=1S/C16H14N2O2/c1-20-15-8-3-2-7-13(15)14-10-17-18-16(14)11-5-4-6-12(19)9-11/h2-10,19H,1H3,(H,17,18). The van der Waals surface area contributed by atoms with Crippen LogP contribution in [0.2, 0.25) is 0 Å². The molecule has 0 aliphatic rings. The molecule has 3 rings (SSSR count). The predicted octanol–water partition coefficient (Wildman–Crippen LogP) is 3.46. The van der Waals surface area contributed by atoms with Gasteiger partial charge in [-0.3, -0.25) is 5.10 Å². The normalized spacial score (nSPS) is 10.4. The molecule has 0 saturated carbocycles. The summed E-state index contributed by atoms with van der Waals surface area (Å²) >= 11 is 0. The number of nitrogens with zero attached hydrogens (tertiary/aromatic N) is 1. The van der Waals surface area contributed by atoms with Gasteiger partial charge in [-0.15, -0.1) is 0 Å². The highest BCUT2D eigenvalue weighted by atomic mass is 16.5. The molecule has 0 radical (unpaired) electrons. The molecule has 1 aromatic heterocycles. The van der Waals surface area contributed by atoms with E-state index in [1.165, 1.54) is 0 Å². The van der Waals surface area contributed by atoms with Crippen molar-refractivity contribution in [3.8, 4) is 33.9 Å². The smallest absolute Gasteiger partial charge is 0.126 e. The molecular weight excluding hydrogens is 252 g/mol. The van der Waals surface area contributed by atoms with E-state index in [9.17, 15) is 5.11 Å². The maximum absolute atomic E-state index is 9.62. The molecule has 0 bridgehead atoms. The lowest BCUT2D eigenvalue weighted by atomic mass is 10.0. The average Bonchev–Trinajstić information content (AvgIpc) is 2.96. The van der Waals surface area contributed by atoms with Crippen LogP contribution in [0, 0.1) is 0 Å². The fourth-order valence-corrected chi connectivity index (χ4v) is 2.24. The summed E-state index contributed by atoms with van der Waals surface area (Å²) in [6.45, 7) is 0. The van der Waals surface area contributed by atoms with E-state index in [1.54, 1.807) is 31.5 Å². The third-order valence-electron chi connectivity index (χ3n) is 3.17. The molecule has 2 N–H and O–H groups in total. The van der Waals surface area contributed by atoms with E-state index in [1.807, 2.05) is 30.3 Å². The van der Waals surface area contributed by atoms with E-state index >= 15 is 0 Å². The second-order valence-corrected chi connectivity index (χ2v) is 4.41. The molecule has 20 heavy (non-hydrogen) atoms. The van der Waals surface area contributed by atoms with Gasteiger partial charge in [-0.05, 0) is 18.2 Å². The molecular formula is C16H14N2O2. The van der Waals surface area contributed by atoms with Crippen LogP contribution in [0.4, 0.5) is 0 Å². The monoisotopic (exact) mass is 266 g/mol. The van der Waals surface area contributed by atoms with Crippen LogP contribution < -0.4 is 4.74 Å². The number of H-pyrrole nitrogens is 1. The number of aromatic hydroxyl groups is 1. The van der Waals surface area contributed by atoms with Crippen LogP contribution in [-0.2, 0) is 0 Å². The number of hydrogen-bond acceptors (Lipinski definition) is 3. The molecule has 0 atom stereocenters. The van der Waals surface area contributed by atoms with Gasteiger partial charge in [-0.2, -0.15) is 5.10 Å². The van der Waals surface area contributed by atoms with E-state index in [2.05, 4.69) is 10.2 Å². The summed E-state index contributed by atoms with van der Waals surface area (Å²) in [5, 5.41) is 16.7. The molecule has 0 unspecified atom stereocenters. The van der Waals surface area contributed by atoms with Crippen LogP contribution in [-0.4, -0.2) is 22.4 Å².